The van der Waals surface area contributed by atoms with Gasteiger partial charge in [0, 0.05) is 26.2 Å². The van der Waals surface area contributed by atoms with Crippen molar-refractivity contribution in [3.63, 3.8) is 0 Å². The van der Waals surface area contributed by atoms with Crippen LogP contribution in [-0.2, 0) is 11.2 Å². The SMILES string of the molecule is CNC(=O)c1cc(F)c(-c2nc3cc(C)ccn3c2CC2CN(C(=O)O)CCO2)c(F)c1F. The number of halogens is 3. The third-order valence-electron chi connectivity index (χ3n) is 5.58. The van der Waals surface area contributed by atoms with Crippen LogP contribution in [0.15, 0.2) is 24.4 Å². The molecule has 2 N–H and O–H groups in total. The van der Waals surface area contributed by atoms with Crippen LogP contribution in [0.25, 0.3) is 16.9 Å². The van der Waals surface area contributed by atoms with Crippen LogP contribution < -0.4 is 5.32 Å². The molecule has 1 aromatic carbocycles. The monoisotopic (exact) mass is 462 g/mol. The second-order valence-electron chi connectivity index (χ2n) is 7.75. The molecule has 33 heavy (non-hydrogen) atoms. The van der Waals surface area contributed by atoms with Gasteiger partial charge < -0.3 is 24.5 Å². The third kappa shape index (κ3) is 4.11. The minimum absolute atomic E-state index is 0.0583. The van der Waals surface area contributed by atoms with Crippen LogP contribution in [0.5, 0.6) is 0 Å². The van der Waals surface area contributed by atoms with E-state index in [9.17, 15) is 19.1 Å². The van der Waals surface area contributed by atoms with Gasteiger partial charge >= 0.3 is 6.09 Å². The Morgan fingerprint density at radius 3 is 2.73 bits per heavy atom. The van der Waals surface area contributed by atoms with Crippen LogP contribution in [0.1, 0.15) is 21.6 Å². The van der Waals surface area contributed by atoms with E-state index in [1.807, 2.05) is 6.92 Å². The number of imidazole rings is 1. The number of morpholine rings is 1. The van der Waals surface area contributed by atoms with E-state index in [-0.39, 0.29) is 31.8 Å². The lowest BCUT2D eigenvalue weighted by Crippen LogP contribution is -2.45. The summed E-state index contributed by atoms with van der Waals surface area (Å²) in [6, 6.07) is 4.10. The molecule has 3 aromatic rings. The van der Waals surface area contributed by atoms with Crippen molar-refractivity contribution in [3.8, 4) is 11.3 Å². The molecular formula is C22H21F3N4O4. The average Bonchev–Trinajstić information content (AvgIpc) is 3.12. The summed E-state index contributed by atoms with van der Waals surface area (Å²) in [5, 5.41) is 11.4. The summed E-state index contributed by atoms with van der Waals surface area (Å²) in [5.74, 6) is -5.14. The van der Waals surface area contributed by atoms with E-state index in [1.54, 1.807) is 22.7 Å². The van der Waals surface area contributed by atoms with Gasteiger partial charge in [0.15, 0.2) is 11.6 Å². The summed E-state index contributed by atoms with van der Waals surface area (Å²) in [6.07, 6.45) is 0.0394. The Hall–Kier alpha value is -3.60. The van der Waals surface area contributed by atoms with Crippen LogP contribution in [0.4, 0.5) is 18.0 Å². The maximum atomic E-state index is 15.1. The number of pyridine rings is 1. The van der Waals surface area contributed by atoms with E-state index >= 15 is 8.78 Å². The molecule has 2 aromatic heterocycles. The highest BCUT2D eigenvalue weighted by Gasteiger charge is 2.30. The number of carboxylic acid groups (broad SMARTS) is 1. The van der Waals surface area contributed by atoms with Crippen LogP contribution >= 0.6 is 0 Å². The molecule has 3 heterocycles. The number of aromatic nitrogens is 2. The number of rotatable bonds is 4. The smallest absolute Gasteiger partial charge is 0.407 e. The maximum Gasteiger partial charge on any atom is 0.407 e. The average molecular weight is 462 g/mol. The van der Waals surface area contributed by atoms with Crippen molar-refractivity contribution in [1.82, 2.24) is 19.6 Å². The number of nitrogens with zero attached hydrogens (tertiary/aromatic N) is 3. The molecule has 8 nitrogen and oxygen atoms in total. The molecule has 174 valence electrons. The quantitative estimate of drug-likeness (QED) is 0.582. The molecule has 4 rings (SSSR count). The molecule has 0 aliphatic carbocycles. The minimum atomic E-state index is -1.54. The first-order valence-electron chi connectivity index (χ1n) is 10.2. The van der Waals surface area contributed by atoms with Crippen LogP contribution in [0.2, 0.25) is 0 Å². The minimum Gasteiger partial charge on any atom is -0.465 e. The van der Waals surface area contributed by atoms with Gasteiger partial charge in [0.1, 0.15) is 11.5 Å². The largest absolute Gasteiger partial charge is 0.465 e. The molecule has 0 radical (unpaired) electrons. The van der Waals surface area contributed by atoms with Crippen molar-refractivity contribution >= 4 is 17.6 Å². The molecule has 1 aliphatic rings. The van der Waals surface area contributed by atoms with Crippen LogP contribution in [0.3, 0.4) is 0 Å². The van der Waals surface area contributed by atoms with Crippen LogP contribution in [-0.4, -0.2) is 64.2 Å². The first kappa shape index (κ1) is 22.6. The number of hydrogen-bond acceptors (Lipinski definition) is 4. The molecule has 0 bridgehead atoms. The molecule has 1 aliphatic heterocycles. The Morgan fingerprint density at radius 1 is 1.27 bits per heavy atom. The summed E-state index contributed by atoms with van der Waals surface area (Å²) < 4.78 is 52.1. The number of carbonyl (C=O) groups excluding carboxylic acids is 1. The number of aryl methyl sites for hydroxylation is 1. The molecule has 1 atom stereocenters. The zero-order chi connectivity index (χ0) is 23.9. The predicted molar refractivity (Wildman–Crippen MR) is 112 cm³/mol. The molecular weight excluding hydrogens is 441 g/mol. The Bertz CT molecular complexity index is 1260. The molecule has 2 amide bonds. The highest BCUT2D eigenvalue weighted by atomic mass is 19.2. The van der Waals surface area contributed by atoms with Gasteiger partial charge in [-0.2, -0.15) is 0 Å². The number of ether oxygens (including phenoxy) is 1. The normalized spacial score (nSPS) is 16.3. The fourth-order valence-corrected chi connectivity index (χ4v) is 3.94. The van der Waals surface area contributed by atoms with E-state index in [2.05, 4.69) is 10.3 Å². The zero-order valence-corrected chi connectivity index (χ0v) is 17.9. The molecule has 11 heteroatoms. The van der Waals surface area contributed by atoms with Crippen molar-refractivity contribution in [2.24, 2.45) is 0 Å². The zero-order valence-electron chi connectivity index (χ0n) is 17.9. The second-order valence-corrected chi connectivity index (χ2v) is 7.75. The number of hydrogen-bond donors (Lipinski definition) is 2. The fraction of sp³-hybridized carbons (Fsp3) is 0.318. The summed E-state index contributed by atoms with van der Waals surface area (Å²) >= 11 is 0. The summed E-state index contributed by atoms with van der Waals surface area (Å²) in [4.78, 5) is 28.7. The number of amides is 2. The van der Waals surface area contributed by atoms with E-state index in [4.69, 9.17) is 4.74 Å². The molecule has 1 unspecified atom stereocenters. The van der Waals surface area contributed by atoms with E-state index in [0.717, 1.165) is 5.56 Å². The summed E-state index contributed by atoms with van der Waals surface area (Å²) in [7, 11) is 1.22. The maximum absolute atomic E-state index is 15.1. The van der Waals surface area contributed by atoms with Crippen molar-refractivity contribution in [1.29, 1.82) is 0 Å². The van der Waals surface area contributed by atoms with Gasteiger partial charge in [-0.15, -0.1) is 0 Å². The number of carbonyl (C=O) groups is 2. The van der Waals surface area contributed by atoms with Gasteiger partial charge in [-0.25, -0.2) is 22.9 Å². The van der Waals surface area contributed by atoms with Crippen LogP contribution in [0, 0.1) is 24.4 Å². The second kappa shape index (κ2) is 8.74. The molecule has 0 saturated carbocycles. The third-order valence-corrected chi connectivity index (χ3v) is 5.58. The summed E-state index contributed by atoms with van der Waals surface area (Å²) in [5.41, 5.74) is -0.0622. The highest BCUT2D eigenvalue weighted by Crippen LogP contribution is 2.33. The summed E-state index contributed by atoms with van der Waals surface area (Å²) in [6.45, 7) is 2.26. The Balaban J connectivity index is 1.86. The Morgan fingerprint density at radius 2 is 2.03 bits per heavy atom. The van der Waals surface area contributed by atoms with Crippen molar-refractivity contribution < 1.29 is 32.6 Å². The first-order valence-corrected chi connectivity index (χ1v) is 10.2. The highest BCUT2D eigenvalue weighted by molar-refractivity contribution is 5.95. The number of nitrogens with one attached hydrogen (secondary N) is 1. The van der Waals surface area contributed by atoms with E-state index in [0.29, 0.717) is 17.4 Å². The molecule has 1 saturated heterocycles. The number of benzene rings is 1. The number of fused-ring (bicyclic) bond motifs is 1. The first-order chi connectivity index (χ1) is 15.7. The van der Waals surface area contributed by atoms with E-state index in [1.165, 1.54) is 11.9 Å². The van der Waals surface area contributed by atoms with Gasteiger partial charge in [-0.1, -0.05) is 0 Å². The fourth-order valence-electron chi connectivity index (χ4n) is 3.94. The van der Waals surface area contributed by atoms with E-state index < -0.39 is 46.7 Å². The van der Waals surface area contributed by atoms with Crippen molar-refractivity contribution in [3.05, 3.63) is 58.7 Å². The van der Waals surface area contributed by atoms with Gasteiger partial charge in [-0.05, 0) is 30.7 Å². The topological polar surface area (TPSA) is 96.2 Å². The Kier molecular flexibility index (Phi) is 5.98. The van der Waals surface area contributed by atoms with Gasteiger partial charge in [0.05, 0.1) is 41.8 Å². The lowest BCUT2D eigenvalue weighted by atomic mass is 10.0. The van der Waals surface area contributed by atoms with Gasteiger partial charge in [-0.3, -0.25) is 4.79 Å². The molecule has 1 fully saturated rings. The van der Waals surface area contributed by atoms with Crippen molar-refractivity contribution in [2.45, 2.75) is 19.4 Å². The van der Waals surface area contributed by atoms with Crippen molar-refractivity contribution in [2.75, 3.05) is 26.7 Å². The molecule has 0 spiro atoms. The van der Waals surface area contributed by atoms with Gasteiger partial charge in [0.25, 0.3) is 5.91 Å². The predicted octanol–water partition coefficient (Wildman–Crippen LogP) is 3.01. The lowest BCUT2D eigenvalue weighted by molar-refractivity contribution is -0.0214. The lowest BCUT2D eigenvalue weighted by Gasteiger charge is -2.31. The standard InChI is InChI=1S/C22H21F3N4O4/c1-11-3-4-29-15(8-12-10-28(22(31)32)5-6-33-12)20(27-16(29)7-11)17-14(23)9-13(21(30)26-2)18(24)19(17)25/h3-4,7,9,12H,5-6,8,10H2,1-2H3,(H,26,30)(H,31,32). The van der Waals surface area contributed by atoms with Gasteiger partial charge in [0.2, 0.25) is 0 Å². The Labute approximate surface area is 186 Å².